The number of benzene rings is 2. The van der Waals surface area contributed by atoms with E-state index < -0.39 is 0 Å². The zero-order chi connectivity index (χ0) is 27.4. The minimum atomic E-state index is -0.287. The van der Waals surface area contributed by atoms with Crippen LogP contribution in [-0.2, 0) is 16.8 Å². The smallest absolute Gasteiger partial charge is 0.236 e. The normalized spacial score (nSPS) is 12.4. The van der Waals surface area contributed by atoms with E-state index in [9.17, 15) is 4.79 Å². The minimum absolute atomic E-state index is 0.0903. The average Bonchev–Trinajstić information content (AvgIpc) is 3.51. The summed E-state index contributed by atoms with van der Waals surface area (Å²) in [5.74, 6) is 1.59. The van der Waals surface area contributed by atoms with E-state index in [-0.39, 0.29) is 23.2 Å². The number of amides is 1. The summed E-state index contributed by atoms with van der Waals surface area (Å²) in [6.45, 7) is 15.4. The van der Waals surface area contributed by atoms with Crippen molar-refractivity contribution in [2.75, 3.05) is 11.1 Å². The van der Waals surface area contributed by atoms with E-state index in [1.807, 2.05) is 35.9 Å². The van der Waals surface area contributed by atoms with Crippen molar-refractivity contribution in [3.63, 3.8) is 0 Å². The van der Waals surface area contributed by atoms with Crippen LogP contribution in [-0.4, -0.2) is 31.4 Å². The van der Waals surface area contributed by atoms with Gasteiger partial charge in [-0.1, -0.05) is 56.8 Å². The first-order valence-corrected chi connectivity index (χ1v) is 14.6. The molecule has 0 bridgehead atoms. The van der Waals surface area contributed by atoms with E-state index in [0.717, 1.165) is 22.8 Å². The van der Waals surface area contributed by atoms with Crippen LogP contribution < -0.4 is 10.1 Å². The number of nitrogens with one attached hydrogen (secondary N) is 1. The Hall–Kier alpha value is -3.17. The third-order valence-electron chi connectivity index (χ3n) is 6.34. The maximum atomic E-state index is 12.7. The van der Waals surface area contributed by atoms with Crippen molar-refractivity contribution in [2.45, 2.75) is 71.7 Å². The first kappa shape index (κ1) is 27.9. The summed E-state index contributed by atoms with van der Waals surface area (Å²) in [5, 5.41) is 14.9. The fraction of sp³-hybridized carbons (Fsp3) is 0.379. The Morgan fingerprint density at radius 2 is 1.84 bits per heavy atom. The third kappa shape index (κ3) is 6.63. The quantitative estimate of drug-likeness (QED) is 0.222. The number of rotatable bonds is 9. The Morgan fingerprint density at radius 1 is 1.11 bits per heavy atom. The highest BCUT2D eigenvalue weighted by Gasteiger charge is 2.20. The largest absolute Gasteiger partial charge is 0.483 e. The number of hydrogen-bond acceptors (Lipinski definition) is 7. The molecule has 4 aromatic rings. The summed E-state index contributed by atoms with van der Waals surface area (Å²) in [4.78, 5) is 17.3. The number of ether oxygens (including phenoxy) is 1. The molecule has 2 aromatic carbocycles. The molecule has 0 aliphatic carbocycles. The number of aromatic nitrogens is 4. The number of carbonyl (C=O) groups excluding carboxylic acids is 1. The molecule has 0 spiro atoms. The summed E-state index contributed by atoms with van der Waals surface area (Å²) < 4.78 is 8.16. The second-order valence-electron chi connectivity index (χ2n) is 10.3. The van der Waals surface area contributed by atoms with Crippen LogP contribution in [0.1, 0.15) is 63.2 Å². The van der Waals surface area contributed by atoms with Crippen LogP contribution in [0.25, 0.3) is 11.3 Å². The molecule has 0 saturated heterocycles. The van der Waals surface area contributed by atoms with Gasteiger partial charge in [0, 0.05) is 17.5 Å². The number of carbonyl (C=O) groups is 1. The molecule has 0 saturated carbocycles. The summed E-state index contributed by atoms with van der Waals surface area (Å²) >= 11 is 2.77. The molecule has 7 nitrogen and oxygen atoms in total. The lowest BCUT2D eigenvalue weighted by Crippen LogP contribution is -2.15. The van der Waals surface area contributed by atoms with Gasteiger partial charge in [0.1, 0.15) is 5.75 Å². The lowest BCUT2D eigenvalue weighted by atomic mass is 9.87. The molecule has 200 valence electrons. The van der Waals surface area contributed by atoms with Gasteiger partial charge in [0.05, 0.1) is 11.4 Å². The standard InChI is InChI=1S/C29H35N5O2S2/c1-8-34-26(20(4)36-23-13-11-22(12-14-23)29(5,6)7)32-33-28(34)38-17-25(35)31-27-30-24(16-37-27)21-10-9-18(2)19(3)15-21/h9-16,20H,8,17H2,1-7H3,(H,30,31,35). The van der Waals surface area contributed by atoms with Gasteiger partial charge >= 0.3 is 0 Å². The van der Waals surface area contributed by atoms with E-state index in [0.29, 0.717) is 16.8 Å². The Balaban J connectivity index is 1.35. The number of thiazole rings is 1. The van der Waals surface area contributed by atoms with Gasteiger partial charge in [-0.3, -0.25) is 4.79 Å². The summed E-state index contributed by atoms with van der Waals surface area (Å²) in [6, 6.07) is 14.4. The molecule has 2 heterocycles. The van der Waals surface area contributed by atoms with Crippen molar-refractivity contribution in [2.24, 2.45) is 0 Å². The average molecular weight is 550 g/mol. The molecule has 1 unspecified atom stereocenters. The molecule has 2 aromatic heterocycles. The Morgan fingerprint density at radius 3 is 2.50 bits per heavy atom. The molecule has 9 heteroatoms. The van der Waals surface area contributed by atoms with E-state index in [1.165, 1.54) is 39.8 Å². The van der Waals surface area contributed by atoms with Gasteiger partial charge in [-0.15, -0.1) is 21.5 Å². The Labute approximate surface area is 233 Å². The van der Waals surface area contributed by atoms with E-state index in [4.69, 9.17) is 4.74 Å². The highest BCUT2D eigenvalue weighted by atomic mass is 32.2. The molecule has 0 aliphatic rings. The van der Waals surface area contributed by atoms with Crippen molar-refractivity contribution >= 4 is 34.1 Å². The number of thioether (sulfide) groups is 1. The van der Waals surface area contributed by atoms with Gasteiger partial charge in [-0.05, 0) is 68.0 Å². The van der Waals surface area contributed by atoms with Crippen LogP contribution in [0.2, 0.25) is 0 Å². The third-order valence-corrected chi connectivity index (χ3v) is 8.07. The monoisotopic (exact) mass is 549 g/mol. The van der Waals surface area contributed by atoms with Crippen molar-refractivity contribution in [1.29, 1.82) is 0 Å². The Bertz CT molecular complexity index is 1400. The van der Waals surface area contributed by atoms with Gasteiger partial charge in [0.15, 0.2) is 22.2 Å². The molecular weight excluding hydrogens is 514 g/mol. The molecule has 38 heavy (non-hydrogen) atoms. The van der Waals surface area contributed by atoms with E-state index in [2.05, 4.69) is 85.4 Å². The zero-order valence-corrected chi connectivity index (χ0v) is 24.7. The van der Waals surface area contributed by atoms with Crippen molar-refractivity contribution in [3.05, 3.63) is 70.4 Å². The number of hydrogen-bond donors (Lipinski definition) is 1. The van der Waals surface area contributed by atoms with E-state index in [1.54, 1.807) is 0 Å². The topological polar surface area (TPSA) is 81.9 Å². The highest BCUT2D eigenvalue weighted by Crippen LogP contribution is 2.29. The minimum Gasteiger partial charge on any atom is -0.483 e. The van der Waals surface area contributed by atoms with Gasteiger partial charge in [0.2, 0.25) is 5.91 Å². The fourth-order valence-corrected chi connectivity index (χ4v) is 5.49. The molecule has 0 fully saturated rings. The lowest BCUT2D eigenvalue weighted by molar-refractivity contribution is -0.113. The second-order valence-corrected chi connectivity index (χ2v) is 12.1. The van der Waals surface area contributed by atoms with Crippen LogP contribution in [0.3, 0.4) is 0 Å². The molecule has 1 N–H and O–H groups in total. The van der Waals surface area contributed by atoms with Gasteiger partial charge in [0.25, 0.3) is 0 Å². The van der Waals surface area contributed by atoms with Crippen LogP contribution in [0, 0.1) is 13.8 Å². The SMILES string of the molecule is CCn1c(SCC(=O)Nc2nc(-c3ccc(C)c(C)c3)cs2)nnc1C(C)Oc1ccc(C(C)(C)C)cc1. The fourth-order valence-electron chi connectivity index (χ4n) is 3.95. The Kier molecular flexibility index (Phi) is 8.57. The maximum absolute atomic E-state index is 12.7. The van der Waals surface area contributed by atoms with Crippen LogP contribution in [0.5, 0.6) is 5.75 Å². The highest BCUT2D eigenvalue weighted by molar-refractivity contribution is 7.99. The summed E-state index contributed by atoms with van der Waals surface area (Å²) in [6.07, 6.45) is -0.287. The van der Waals surface area contributed by atoms with Crippen molar-refractivity contribution in [1.82, 2.24) is 19.7 Å². The molecule has 0 radical (unpaired) electrons. The van der Waals surface area contributed by atoms with Crippen LogP contribution in [0.4, 0.5) is 5.13 Å². The van der Waals surface area contributed by atoms with Gasteiger partial charge in [-0.2, -0.15) is 0 Å². The number of anilines is 1. The van der Waals surface area contributed by atoms with Crippen molar-refractivity contribution < 1.29 is 9.53 Å². The summed E-state index contributed by atoms with van der Waals surface area (Å²) in [7, 11) is 0. The maximum Gasteiger partial charge on any atom is 0.236 e. The molecule has 1 atom stereocenters. The molecule has 4 rings (SSSR count). The number of aryl methyl sites for hydroxylation is 2. The van der Waals surface area contributed by atoms with Crippen LogP contribution in [0.15, 0.2) is 53.0 Å². The predicted molar refractivity (Wildman–Crippen MR) is 156 cm³/mol. The first-order chi connectivity index (χ1) is 18.0. The molecule has 1 amide bonds. The number of nitrogens with zero attached hydrogens (tertiary/aromatic N) is 4. The second kappa shape index (κ2) is 11.7. The van der Waals surface area contributed by atoms with Gasteiger partial charge < -0.3 is 14.6 Å². The molecule has 0 aliphatic heterocycles. The molecular formula is C29H35N5O2S2. The van der Waals surface area contributed by atoms with Crippen LogP contribution >= 0.6 is 23.1 Å². The van der Waals surface area contributed by atoms with Gasteiger partial charge in [-0.25, -0.2) is 4.98 Å². The predicted octanol–water partition coefficient (Wildman–Crippen LogP) is 7.21. The summed E-state index contributed by atoms with van der Waals surface area (Å²) in [5.41, 5.74) is 5.71. The first-order valence-electron chi connectivity index (χ1n) is 12.7. The van der Waals surface area contributed by atoms with Crippen molar-refractivity contribution in [3.8, 4) is 17.0 Å². The van der Waals surface area contributed by atoms with E-state index >= 15 is 0 Å². The zero-order valence-electron chi connectivity index (χ0n) is 23.0. The lowest BCUT2D eigenvalue weighted by Gasteiger charge is -2.20.